The van der Waals surface area contributed by atoms with Crippen molar-refractivity contribution in [3.63, 3.8) is 0 Å². The number of hydrogen-bond acceptors (Lipinski definition) is 6. The maximum absolute atomic E-state index is 9.32. The summed E-state index contributed by atoms with van der Waals surface area (Å²) < 4.78 is 1.35. The number of fused-ring (bicyclic) bond motifs is 1. The normalized spacial score (nSPS) is 10.8. The summed E-state index contributed by atoms with van der Waals surface area (Å²) in [6.45, 7) is 1.91. The van der Waals surface area contributed by atoms with Gasteiger partial charge < -0.3 is 5.73 Å². The van der Waals surface area contributed by atoms with Gasteiger partial charge in [0.2, 0.25) is 0 Å². The van der Waals surface area contributed by atoms with Crippen LogP contribution in [0.4, 0.5) is 5.82 Å². The number of nitrogens with two attached hydrogens (primary N) is 1. The van der Waals surface area contributed by atoms with Crippen LogP contribution in [-0.4, -0.2) is 24.0 Å². The van der Waals surface area contributed by atoms with Crippen LogP contribution in [0.25, 0.3) is 33.8 Å². The lowest BCUT2D eigenvalue weighted by Gasteiger charge is -2.05. The number of nitrogens with zero attached hydrogens (tertiary/aromatic N) is 6. The molecule has 126 valence electrons. The number of pyridine rings is 3. The van der Waals surface area contributed by atoms with E-state index in [1.807, 2.05) is 13.0 Å². The van der Waals surface area contributed by atoms with E-state index in [2.05, 4.69) is 26.0 Å². The minimum Gasteiger partial charge on any atom is -0.383 e. The van der Waals surface area contributed by atoms with Crippen molar-refractivity contribution in [3.8, 4) is 28.7 Å². The quantitative estimate of drug-likeness (QED) is 0.587. The highest BCUT2D eigenvalue weighted by molar-refractivity contribution is 6.20. The fourth-order valence-corrected chi connectivity index (χ4v) is 2.96. The third kappa shape index (κ3) is 2.53. The van der Waals surface area contributed by atoms with Crippen LogP contribution in [0.3, 0.4) is 0 Å². The van der Waals surface area contributed by atoms with Crippen molar-refractivity contribution in [1.82, 2.24) is 24.0 Å². The summed E-state index contributed by atoms with van der Waals surface area (Å²) in [4.78, 5) is 17.3. The zero-order valence-corrected chi connectivity index (χ0v) is 14.4. The van der Waals surface area contributed by atoms with Gasteiger partial charge in [-0.1, -0.05) is 0 Å². The molecule has 0 saturated carbocycles. The summed E-state index contributed by atoms with van der Waals surface area (Å²) in [5.74, 6) is 0.791. The summed E-state index contributed by atoms with van der Waals surface area (Å²) in [7, 11) is 0. The number of halogens is 1. The third-order valence-electron chi connectivity index (χ3n) is 3.94. The van der Waals surface area contributed by atoms with Crippen LogP contribution in [0.1, 0.15) is 11.3 Å². The van der Waals surface area contributed by atoms with E-state index in [9.17, 15) is 5.26 Å². The van der Waals surface area contributed by atoms with Gasteiger partial charge in [-0.3, -0.25) is 0 Å². The van der Waals surface area contributed by atoms with E-state index in [0.717, 1.165) is 5.56 Å². The average molecular weight is 362 g/mol. The number of nitrogen functional groups attached to an aromatic ring is 1. The van der Waals surface area contributed by atoms with Crippen molar-refractivity contribution < 1.29 is 0 Å². The second kappa shape index (κ2) is 6.10. The van der Waals surface area contributed by atoms with E-state index in [1.165, 1.54) is 4.09 Å². The SMILES string of the molecule is Cc1cnc(C#N)c(-c2ccc3nc(-c4cccnc4N)n(Cl)c3n2)c1. The third-order valence-corrected chi connectivity index (χ3v) is 4.26. The number of aryl methyl sites for hydroxylation is 1. The minimum atomic E-state index is 0.305. The molecule has 4 aromatic rings. The second-order valence-corrected chi connectivity index (χ2v) is 6.05. The summed E-state index contributed by atoms with van der Waals surface area (Å²) in [6.07, 6.45) is 3.25. The number of aromatic nitrogens is 5. The Hall–Kier alpha value is -3.50. The van der Waals surface area contributed by atoms with Crippen molar-refractivity contribution in [2.24, 2.45) is 0 Å². The first kappa shape index (κ1) is 16.0. The predicted molar refractivity (Wildman–Crippen MR) is 99.1 cm³/mol. The van der Waals surface area contributed by atoms with Gasteiger partial charge in [-0.05, 0) is 42.8 Å². The molecule has 0 aliphatic heterocycles. The maximum Gasteiger partial charge on any atom is 0.176 e. The van der Waals surface area contributed by atoms with Crippen molar-refractivity contribution >= 4 is 28.8 Å². The van der Waals surface area contributed by atoms with E-state index in [0.29, 0.717) is 45.3 Å². The molecular weight excluding hydrogens is 350 g/mol. The molecule has 0 fully saturated rings. The highest BCUT2D eigenvalue weighted by Gasteiger charge is 2.17. The van der Waals surface area contributed by atoms with Gasteiger partial charge in [0.25, 0.3) is 0 Å². The number of hydrogen-bond donors (Lipinski definition) is 1. The largest absolute Gasteiger partial charge is 0.383 e. The van der Waals surface area contributed by atoms with Gasteiger partial charge in [0.05, 0.1) is 11.3 Å². The summed E-state index contributed by atoms with van der Waals surface area (Å²) >= 11 is 6.46. The highest BCUT2D eigenvalue weighted by atomic mass is 35.5. The molecule has 0 unspecified atom stereocenters. The van der Waals surface area contributed by atoms with E-state index >= 15 is 0 Å². The smallest absolute Gasteiger partial charge is 0.176 e. The Morgan fingerprint density at radius 1 is 1.15 bits per heavy atom. The minimum absolute atomic E-state index is 0.305. The Balaban J connectivity index is 1.93. The zero-order valence-electron chi connectivity index (χ0n) is 13.7. The van der Waals surface area contributed by atoms with E-state index < -0.39 is 0 Å². The standard InChI is InChI=1S/C18H12ClN7/c1-10-7-12(15(8-20)23-9-10)13-4-5-14-18(24-13)26(19)17(25-14)11-3-2-6-22-16(11)21/h2-7,9H,1H3,(H2,21,22). The topological polar surface area (TPSA) is 106 Å². The van der Waals surface area contributed by atoms with Crippen molar-refractivity contribution in [3.05, 3.63) is 54.0 Å². The molecule has 7 nitrogen and oxygen atoms in total. The Kier molecular flexibility index (Phi) is 3.75. The summed E-state index contributed by atoms with van der Waals surface area (Å²) in [6, 6.07) is 11.1. The molecule has 0 bridgehead atoms. The fraction of sp³-hybridized carbons (Fsp3) is 0.0556. The molecule has 0 amide bonds. The molecule has 0 atom stereocenters. The number of rotatable bonds is 2. The van der Waals surface area contributed by atoms with Crippen LogP contribution in [0.5, 0.6) is 0 Å². The molecule has 2 N–H and O–H groups in total. The molecule has 26 heavy (non-hydrogen) atoms. The molecule has 0 aromatic carbocycles. The zero-order chi connectivity index (χ0) is 18.3. The molecule has 0 spiro atoms. The molecule has 0 aliphatic rings. The molecule has 4 rings (SSSR count). The van der Waals surface area contributed by atoms with Crippen LogP contribution < -0.4 is 5.73 Å². The lowest BCUT2D eigenvalue weighted by Crippen LogP contribution is -1.97. The van der Waals surface area contributed by atoms with Crippen molar-refractivity contribution in [2.75, 3.05) is 5.73 Å². The second-order valence-electron chi connectivity index (χ2n) is 5.71. The first-order valence-electron chi connectivity index (χ1n) is 7.72. The fourth-order valence-electron chi connectivity index (χ4n) is 2.71. The maximum atomic E-state index is 9.32. The molecule has 4 heterocycles. The van der Waals surface area contributed by atoms with Gasteiger partial charge in [0.1, 0.15) is 23.1 Å². The van der Waals surface area contributed by atoms with Gasteiger partial charge in [-0.25, -0.2) is 24.0 Å². The predicted octanol–water partition coefficient (Wildman–Crippen LogP) is 3.32. The van der Waals surface area contributed by atoms with E-state index in [1.54, 1.807) is 36.7 Å². The van der Waals surface area contributed by atoms with Crippen molar-refractivity contribution in [1.29, 1.82) is 5.26 Å². The lowest BCUT2D eigenvalue weighted by atomic mass is 10.1. The average Bonchev–Trinajstić information content (AvgIpc) is 2.98. The van der Waals surface area contributed by atoms with E-state index in [-0.39, 0.29) is 0 Å². The van der Waals surface area contributed by atoms with Gasteiger partial charge >= 0.3 is 0 Å². The Labute approximate surface area is 153 Å². The van der Waals surface area contributed by atoms with Crippen LogP contribution in [0.15, 0.2) is 42.7 Å². The number of nitriles is 1. The van der Waals surface area contributed by atoms with Crippen LogP contribution in [0.2, 0.25) is 0 Å². The molecule has 0 radical (unpaired) electrons. The van der Waals surface area contributed by atoms with Crippen LogP contribution in [-0.2, 0) is 0 Å². The molecule has 4 aromatic heterocycles. The molecule has 8 heteroatoms. The first-order valence-corrected chi connectivity index (χ1v) is 8.06. The molecule has 0 saturated heterocycles. The van der Waals surface area contributed by atoms with E-state index in [4.69, 9.17) is 17.5 Å². The monoisotopic (exact) mass is 361 g/mol. The Morgan fingerprint density at radius 3 is 2.77 bits per heavy atom. The van der Waals surface area contributed by atoms with Crippen molar-refractivity contribution in [2.45, 2.75) is 6.92 Å². The summed E-state index contributed by atoms with van der Waals surface area (Å²) in [5, 5.41) is 9.32. The lowest BCUT2D eigenvalue weighted by molar-refractivity contribution is 1.19. The first-order chi connectivity index (χ1) is 12.6. The molecule has 0 aliphatic carbocycles. The van der Waals surface area contributed by atoms with Gasteiger partial charge in [-0.2, -0.15) is 5.26 Å². The highest BCUT2D eigenvalue weighted by Crippen LogP contribution is 2.30. The number of anilines is 1. The van der Waals surface area contributed by atoms with Crippen LogP contribution in [0, 0.1) is 18.3 Å². The number of imidazole rings is 1. The van der Waals surface area contributed by atoms with Gasteiger partial charge in [0, 0.05) is 29.7 Å². The molecular formula is C18H12ClN7. The van der Waals surface area contributed by atoms with Gasteiger partial charge in [0.15, 0.2) is 11.5 Å². The van der Waals surface area contributed by atoms with Gasteiger partial charge in [-0.15, -0.1) is 0 Å². The Morgan fingerprint density at radius 2 is 2.00 bits per heavy atom. The Bertz CT molecular complexity index is 1190. The van der Waals surface area contributed by atoms with Crippen LogP contribution >= 0.6 is 11.8 Å². The summed E-state index contributed by atoms with van der Waals surface area (Å²) in [5.41, 5.74) is 10.1.